The molecule has 0 spiro atoms. The van der Waals surface area contributed by atoms with Crippen molar-refractivity contribution >= 4 is 20.1 Å². The van der Waals surface area contributed by atoms with Crippen LogP contribution in [0.25, 0.3) is 0 Å². The molecule has 0 saturated carbocycles. The molecule has 0 saturated heterocycles. The van der Waals surface area contributed by atoms with E-state index in [9.17, 15) is 0 Å². The minimum atomic E-state index is -5.35. The van der Waals surface area contributed by atoms with Gasteiger partial charge < -0.3 is 0 Å². The average molecular weight is 189 g/mol. The van der Waals surface area contributed by atoms with E-state index in [0.717, 1.165) is 0 Å². The van der Waals surface area contributed by atoms with Crippen molar-refractivity contribution in [2.45, 2.75) is 0 Å². The molecule has 5 heteroatoms. The third-order valence-electron chi connectivity index (χ3n) is 0. The molecule has 0 aliphatic rings. The van der Waals surface area contributed by atoms with Crippen molar-refractivity contribution < 1.29 is 13.2 Å². The monoisotopic (exact) mass is 188 g/mol. The predicted octanol–water partition coefficient (Wildman–Crippen LogP) is -2.17. The summed E-state index contributed by atoms with van der Waals surface area (Å²) in [5.74, 6) is 0. The first-order valence-electron chi connectivity index (χ1n) is 0.783. The number of hydrogen-bond acceptors (Lipinski definition) is 1. The van der Waals surface area contributed by atoms with Crippen LogP contribution in [0.2, 0.25) is 0 Å². The summed E-state index contributed by atoms with van der Waals surface area (Å²) in [7, 11) is 0. The molecular weight excluding hydrogens is 186 g/mol. The molecule has 0 aromatic carbocycles. The molecule has 0 unspecified atom stereocenters. The van der Waals surface area contributed by atoms with Gasteiger partial charge in [0.1, 0.15) is 0 Å². The van der Waals surface area contributed by atoms with Gasteiger partial charge in [-0.15, -0.1) is 0 Å². The molecule has 0 fully saturated rings. The van der Waals surface area contributed by atoms with Gasteiger partial charge in [-0.1, -0.05) is 0 Å². The second-order valence-electron chi connectivity index (χ2n) is 0.513. The molecule has 0 aliphatic carbocycles. The van der Waals surface area contributed by atoms with Gasteiger partial charge in [0.25, 0.3) is 0 Å². The van der Waals surface area contributed by atoms with Crippen molar-refractivity contribution in [3.05, 3.63) is 0 Å². The van der Waals surface area contributed by atoms with Gasteiger partial charge in [-0.2, -0.15) is 0 Å². The van der Waals surface area contributed by atoms with Crippen LogP contribution in [0.1, 0.15) is 0 Å². The van der Waals surface area contributed by atoms with Gasteiger partial charge in [0.15, 0.2) is 0 Å². The summed E-state index contributed by atoms with van der Waals surface area (Å²) in [6.45, 7) is 0. The van der Waals surface area contributed by atoms with E-state index in [4.69, 9.17) is 13.2 Å². The van der Waals surface area contributed by atoms with E-state index in [1.54, 1.807) is 0 Å². The molecule has 32 valence electrons. The van der Waals surface area contributed by atoms with Crippen LogP contribution >= 0.6 is 0 Å². The maximum absolute atomic E-state index is 8.97. The molecule has 0 bridgehead atoms. The SMILES string of the molecule is [O]=[Sb]([OH])([OH])[OH]. The maximum atomic E-state index is 8.97. The molecule has 0 radical (unpaired) electrons. The zero-order valence-corrected chi connectivity index (χ0v) is 4.75. The van der Waals surface area contributed by atoms with Gasteiger partial charge in [0, 0.05) is 0 Å². The van der Waals surface area contributed by atoms with Gasteiger partial charge in [-0.05, 0) is 0 Å². The van der Waals surface area contributed by atoms with Gasteiger partial charge in [0.2, 0.25) is 0 Å². The first-order chi connectivity index (χ1) is 2.00. The van der Waals surface area contributed by atoms with E-state index in [-0.39, 0.29) is 0 Å². The fraction of sp³-hybridized carbons (Fsp3) is 0. The van der Waals surface area contributed by atoms with Crippen molar-refractivity contribution in [1.29, 1.82) is 0 Å². The first kappa shape index (κ1) is 5.50. The first-order valence-corrected chi connectivity index (χ1v) is 5.25. The number of rotatable bonds is 0. The fourth-order valence-corrected chi connectivity index (χ4v) is 0. The van der Waals surface area contributed by atoms with E-state index >= 15 is 0 Å². The zero-order chi connectivity index (χ0) is 4.50. The van der Waals surface area contributed by atoms with Crippen molar-refractivity contribution in [2.75, 3.05) is 0 Å². The van der Waals surface area contributed by atoms with Crippen LogP contribution in [0.4, 0.5) is 0 Å². The Labute approximate surface area is 33.8 Å². The zero-order valence-electron chi connectivity index (χ0n) is 2.20. The van der Waals surface area contributed by atoms with Gasteiger partial charge in [-0.3, -0.25) is 0 Å². The van der Waals surface area contributed by atoms with E-state index in [2.05, 4.69) is 0 Å². The summed E-state index contributed by atoms with van der Waals surface area (Å²) in [5, 5.41) is 0. The standard InChI is InChI=1S/3H2O.O.Sb/h3*1H2;;/q;;;;+3/p-3. The predicted molar refractivity (Wildman–Crippen MR) is 13.1 cm³/mol. The third-order valence-corrected chi connectivity index (χ3v) is 0. The summed E-state index contributed by atoms with van der Waals surface area (Å²) < 4.78 is 30.8. The molecular formula is H3O4Sb. The second-order valence-corrected chi connectivity index (χ2v) is 3.44. The molecule has 0 heterocycles. The molecule has 3 N–H and O–H groups in total. The Bertz CT molecular complexity index is 49.8. The van der Waals surface area contributed by atoms with Crippen LogP contribution in [0.15, 0.2) is 0 Å². The summed E-state index contributed by atoms with van der Waals surface area (Å²) in [6, 6.07) is 0. The Kier molecular flexibility index (Phi) is 1.43. The fourth-order valence-electron chi connectivity index (χ4n) is 0. The Morgan fingerprint density at radius 1 is 1.20 bits per heavy atom. The Balaban J connectivity index is 3.47. The summed E-state index contributed by atoms with van der Waals surface area (Å²) >= 11 is -5.35. The Hall–Kier alpha value is 0.498. The Morgan fingerprint density at radius 3 is 1.20 bits per heavy atom. The summed E-state index contributed by atoms with van der Waals surface area (Å²) in [5.41, 5.74) is 0. The van der Waals surface area contributed by atoms with E-state index in [1.807, 2.05) is 0 Å². The van der Waals surface area contributed by atoms with Crippen LogP contribution in [-0.4, -0.2) is 30.2 Å². The van der Waals surface area contributed by atoms with Crippen molar-refractivity contribution in [3.8, 4) is 0 Å². The van der Waals surface area contributed by atoms with E-state index in [1.165, 1.54) is 0 Å². The molecule has 0 rings (SSSR count). The normalized spacial score (nSPS) is 11.8. The molecule has 5 heavy (non-hydrogen) atoms. The average Bonchev–Trinajstić information content (AvgIpc) is 0.722. The summed E-state index contributed by atoms with van der Waals surface area (Å²) in [4.78, 5) is 0. The van der Waals surface area contributed by atoms with Gasteiger partial charge >= 0.3 is 33.2 Å². The van der Waals surface area contributed by atoms with Crippen LogP contribution in [0, 0.1) is 0 Å². The van der Waals surface area contributed by atoms with E-state index < -0.39 is 20.1 Å². The molecule has 0 aliphatic heterocycles. The van der Waals surface area contributed by atoms with Crippen molar-refractivity contribution in [1.82, 2.24) is 0 Å². The van der Waals surface area contributed by atoms with E-state index in [0.29, 0.717) is 0 Å². The topological polar surface area (TPSA) is 77.8 Å². The van der Waals surface area contributed by atoms with Crippen molar-refractivity contribution in [2.24, 2.45) is 0 Å². The number of hydrogen-bond donors (Lipinski definition) is 3. The Morgan fingerprint density at radius 2 is 1.20 bits per heavy atom. The second kappa shape index (κ2) is 1.30. The molecule has 0 amide bonds. The minimum absolute atomic E-state index is 5.35. The van der Waals surface area contributed by atoms with Crippen LogP contribution in [0.5, 0.6) is 0 Å². The van der Waals surface area contributed by atoms with Crippen LogP contribution in [0.3, 0.4) is 0 Å². The van der Waals surface area contributed by atoms with Gasteiger partial charge in [0.05, 0.1) is 0 Å². The van der Waals surface area contributed by atoms with Crippen LogP contribution < -0.4 is 0 Å². The van der Waals surface area contributed by atoms with Crippen LogP contribution in [-0.2, 0) is 3.02 Å². The molecule has 0 atom stereocenters. The summed E-state index contributed by atoms with van der Waals surface area (Å²) in [6.07, 6.45) is 0. The van der Waals surface area contributed by atoms with Crippen molar-refractivity contribution in [3.63, 3.8) is 0 Å². The molecule has 0 aromatic rings. The quantitative estimate of drug-likeness (QED) is 0.379. The van der Waals surface area contributed by atoms with Gasteiger partial charge in [-0.25, -0.2) is 0 Å². The molecule has 4 nitrogen and oxygen atoms in total. The molecule has 0 aromatic heterocycles. The third kappa shape index (κ3) is 113.